The standard InChI is InChI=1S/C20H20F3NO3/c1-2-16(24-17-10-8-15(9-11-17)20(21,22)23)12-18(25)19(26)27-13-14-6-4-3-5-7-14/h3-11,16,24H,2,12-13H2,1H3/t16-/m1/s1. The van der Waals surface area contributed by atoms with Crippen molar-refractivity contribution in [1.82, 2.24) is 0 Å². The minimum Gasteiger partial charge on any atom is -0.455 e. The fourth-order valence-corrected chi connectivity index (χ4v) is 2.40. The number of anilines is 1. The minimum absolute atomic E-state index is 0.00847. The Morgan fingerprint density at radius 1 is 1.04 bits per heavy atom. The Bertz CT molecular complexity index is 758. The highest BCUT2D eigenvalue weighted by Crippen LogP contribution is 2.30. The summed E-state index contributed by atoms with van der Waals surface area (Å²) in [5.74, 6) is -1.61. The number of benzene rings is 2. The summed E-state index contributed by atoms with van der Waals surface area (Å²) in [7, 11) is 0. The molecule has 4 nitrogen and oxygen atoms in total. The van der Waals surface area contributed by atoms with Crippen LogP contribution in [0, 0.1) is 0 Å². The SMILES string of the molecule is CC[C@H](CC(=O)C(=O)OCc1ccccc1)Nc1ccc(C(F)(F)F)cc1. The van der Waals surface area contributed by atoms with E-state index in [2.05, 4.69) is 5.32 Å². The topological polar surface area (TPSA) is 55.4 Å². The molecule has 2 aromatic carbocycles. The number of carbonyl (C=O) groups excluding carboxylic acids is 2. The van der Waals surface area contributed by atoms with Crippen molar-refractivity contribution in [2.75, 3.05) is 5.32 Å². The minimum atomic E-state index is -4.40. The zero-order chi connectivity index (χ0) is 19.9. The number of halogens is 3. The molecule has 0 radical (unpaired) electrons. The Labute approximate surface area is 155 Å². The van der Waals surface area contributed by atoms with Gasteiger partial charge in [-0.05, 0) is 36.2 Å². The molecule has 0 amide bonds. The smallest absolute Gasteiger partial charge is 0.416 e. The van der Waals surface area contributed by atoms with E-state index in [1.807, 2.05) is 13.0 Å². The number of ether oxygens (including phenoxy) is 1. The van der Waals surface area contributed by atoms with Crippen LogP contribution < -0.4 is 5.32 Å². The summed E-state index contributed by atoms with van der Waals surface area (Å²) in [6.45, 7) is 1.82. The number of nitrogens with one attached hydrogen (secondary N) is 1. The number of ketones is 1. The van der Waals surface area contributed by atoms with Crippen molar-refractivity contribution in [3.8, 4) is 0 Å². The Hall–Kier alpha value is -2.83. The number of Topliss-reactive ketones (excluding diaryl/α,β-unsaturated/α-hetero) is 1. The van der Waals surface area contributed by atoms with Gasteiger partial charge < -0.3 is 10.1 Å². The summed E-state index contributed by atoms with van der Waals surface area (Å²) in [6, 6.07) is 13.1. The largest absolute Gasteiger partial charge is 0.455 e. The number of alkyl halides is 3. The molecule has 0 saturated heterocycles. The summed E-state index contributed by atoms with van der Waals surface area (Å²) in [6.07, 6.45) is -4.00. The molecule has 0 aliphatic rings. The molecule has 2 rings (SSSR count). The maximum Gasteiger partial charge on any atom is 0.416 e. The van der Waals surface area contributed by atoms with E-state index < -0.39 is 29.5 Å². The Morgan fingerprint density at radius 2 is 1.67 bits per heavy atom. The Kier molecular flexibility index (Phi) is 6.98. The lowest BCUT2D eigenvalue weighted by Gasteiger charge is -2.18. The van der Waals surface area contributed by atoms with Gasteiger partial charge in [0.15, 0.2) is 0 Å². The van der Waals surface area contributed by atoms with Gasteiger partial charge in [0.1, 0.15) is 6.61 Å². The van der Waals surface area contributed by atoms with Crippen LogP contribution in [0.2, 0.25) is 0 Å². The molecule has 0 aliphatic heterocycles. The van der Waals surface area contributed by atoms with Crippen molar-refractivity contribution in [2.45, 2.75) is 38.6 Å². The second-order valence-electron chi connectivity index (χ2n) is 6.01. The van der Waals surface area contributed by atoms with Crippen LogP contribution in [0.1, 0.15) is 30.9 Å². The van der Waals surface area contributed by atoms with E-state index in [1.54, 1.807) is 24.3 Å². The van der Waals surface area contributed by atoms with E-state index in [0.29, 0.717) is 12.1 Å². The predicted molar refractivity (Wildman–Crippen MR) is 95.0 cm³/mol. The monoisotopic (exact) mass is 379 g/mol. The quantitative estimate of drug-likeness (QED) is 0.538. The van der Waals surface area contributed by atoms with Crippen molar-refractivity contribution in [3.63, 3.8) is 0 Å². The number of rotatable bonds is 8. The van der Waals surface area contributed by atoms with Crippen LogP contribution >= 0.6 is 0 Å². The van der Waals surface area contributed by atoms with Crippen molar-refractivity contribution in [2.24, 2.45) is 0 Å². The molecule has 0 heterocycles. The van der Waals surface area contributed by atoms with Gasteiger partial charge in [0, 0.05) is 18.2 Å². The van der Waals surface area contributed by atoms with E-state index in [1.165, 1.54) is 12.1 Å². The van der Waals surface area contributed by atoms with Gasteiger partial charge in [0.25, 0.3) is 0 Å². The van der Waals surface area contributed by atoms with Gasteiger partial charge in [0.05, 0.1) is 5.56 Å². The fourth-order valence-electron chi connectivity index (χ4n) is 2.40. The number of esters is 1. The molecule has 27 heavy (non-hydrogen) atoms. The van der Waals surface area contributed by atoms with Crippen LogP contribution in [0.5, 0.6) is 0 Å². The van der Waals surface area contributed by atoms with Gasteiger partial charge in [0.2, 0.25) is 5.78 Å². The fraction of sp³-hybridized carbons (Fsp3) is 0.300. The number of hydrogen-bond acceptors (Lipinski definition) is 4. The zero-order valence-corrected chi connectivity index (χ0v) is 14.8. The lowest BCUT2D eigenvalue weighted by molar-refractivity contribution is -0.155. The zero-order valence-electron chi connectivity index (χ0n) is 14.8. The van der Waals surface area contributed by atoms with Crippen LogP contribution in [-0.2, 0) is 27.1 Å². The first-order chi connectivity index (χ1) is 12.8. The summed E-state index contributed by atoms with van der Waals surface area (Å²) in [5, 5.41) is 2.97. The number of hydrogen-bond donors (Lipinski definition) is 1. The highest BCUT2D eigenvalue weighted by Gasteiger charge is 2.30. The van der Waals surface area contributed by atoms with Crippen LogP contribution in [0.4, 0.5) is 18.9 Å². The van der Waals surface area contributed by atoms with Crippen molar-refractivity contribution in [1.29, 1.82) is 0 Å². The lowest BCUT2D eigenvalue weighted by atomic mass is 10.1. The molecular formula is C20H20F3NO3. The molecule has 144 valence electrons. The van der Waals surface area contributed by atoms with E-state index in [9.17, 15) is 22.8 Å². The molecule has 0 spiro atoms. The molecular weight excluding hydrogens is 359 g/mol. The third-order valence-electron chi connectivity index (χ3n) is 3.95. The highest BCUT2D eigenvalue weighted by atomic mass is 19.4. The molecule has 2 aromatic rings. The van der Waals surface area contributed by atoms with E-state index in [-0.39, 0.29) is 13.0 Å². The summed E-state index contributed by atoms with van der Waals surface area (Å²) in [5.41, 5.74) is 0.468. The van der Waals surface area contributed by atoms with Crippen LogP contribution in [-0.4, -0.2) is 17.8 Å². The van der Waals surface area contributed by atoms with E-state index >= 15 is 0 Å². The lowest BCUT2D eigenvalue weighted by Crippen LogP contribution is -2.27. The average Bonchev–Trinajstić information content (AvgIpc) is 2.66. The normalized spacial score (nSPS) is 12.3. The Balaban J connectivity index is 1.87. The second-order valence-corrected chi connectivity index (χ2v) is 6.01. The van der Waals surface area contributed by atoms with Crippen LogP contribution in [0.25, 0.3) is 0 Å². The third kappa shape index (κ3) is 6.44. The maximum absolute atomic E-state index is 12.6. The number of carbonyl (C=O) groups is 2. The first kappa shape index (κ1) is 20.5. The van der Waals surface area contributed by atoms with Gasteiger partial charge in [-0.1, -0.05) is 37.3 Å². The molecule has 0 bridgehead atoms. The van der Waals surface area contributed by atoms with Gasteiger partial charge in [-0.2, -0.15) is 13.2 Å². The highest BCUT2D eigenvalue weighted by molar-refractivity contribution is 6.33. The molecule has 7 heteroatoms. The molecule has 0 saturated carbocycles. The molecule has 0 aliphatic carbocycles. The van der Waals surface area contributed by atoms with Gasteiger partial charge in [-0.3, -0.25) is 4.79 Å². The van der Waals surface area contributed by atoms with Crippen LogP contribution in [0.15, 0.2) is 54.6 Å². The van der Waals surface area contributed by atoms with Crippen LogP contribution in [0.3, 0.4) is 0 Å². The van der Waals surface area contributed by atoms with E-state index in [0.717, 1.165) is 17.7 Å². The summed E-state index contributed by atoms with van der Waals surface area (Å²) >= 11 is 0. The van der Waals surface area contributed by atoms with Gasteiger partial charge in [-0.25, -0.2) is 4.79 Å². The van der Waals surface area contributed by atoms with Gasteiger partial charge in [-0.15, -0.1) is 0 Å². The maximum atomic E-state index is 12.6. The van der Waals surface area contributed by atoms with Crippen molar-refractivity contribution < 1.29 is 27.5 Å². The second kappa shape index (κ2) is 9.21. The van der Waals surface area contributed by atoms with Crippen molar-refractivity contribution >= 4 is 17.4 Å². The summed E-state index contributed by atoms with van der Waals surface area (Å²) < 4.78 is 42.8. The third-order valence-corrected chi connectivity index (χ3v) is 3.95. The van der Waals surface area contributed by atoms with Crippen molar-refractivity contribution in [3.05, 3.63) is 65.7 Å². The molecule has 0 fully saturated rings. The Morgan fingerprint density at radius 3 is 2.22 bits per heavy atom. The molecule has 1 N–H and O–H groups in total. The average molecular weight is 379 g/mol. The van der Waals surface area contributed by atoms with E-state index in [4.69, 9.17) is 4.74 Å². The molecule has 0 aromatic heterocycles. The molecule has 0 unspecified atom stereocenters. The summed E-state index contributed by atoms with van der Waals surface area (Å²) in [4.78, 5) is 23.9. The first-order valence-corrected chi connectivity index (χ1v) is 8.47. The van der Waals surface area contributed by atoms with Gasteiger partial charge >= 0.3 is 12.1 Å². The predicted octanol–water partition coefficient (Wildman–Crippen LogP) is 4.60. The molecule has 1 atom stereocenters. The first-order valence-electron chi connectivity index (χ1n) is 8.47.